The molecule has 1 fully saturated rings. The van der Waals surface area contributed by atoms with Crippen LogP contribution in [0.1, 0.15) is 18.4 Å². The molecule has 0 N–H and O–H groups in total. The standard InChI is InChI=1S/C15H20BrNO2/c1-19-14-5-2-12(3-6-14)4-7-15(18)17-9-8-13(10-16)11-17/h2-3,5-6,13H,4,7-11H2,1H3. The highest BCUT2D eigenvalue weighted by Gasteiger charge is 2.24. The van der Waals surface area contributed by atoms with Gasteiger partial charge in [-0.05, 0) is 36.5 Å². The van der Waals surface area contributed by atoms with Gasteiger partial charge in [-0.2, -0.15) is 0 Å². The molecule has 2 rings (SSSR count). The lowest BCUT2D eigenvalue weighted by atomic mass is 10.1. The van der Waals surface area contributed by atoms with Crippen molar-refractivity contribution in [3.05, 3.63) is 29.8 Å². The molecular weight excluding hydrogens is 306 g/mol. The Morgan fingerprint density at radius 1 is 1.42 bits per heavy atom. The first-order chi connectivity index (χ1) is 9.22. The minimum absolute atomic E-state index is 0.277. The van der Waals surface area contributed by atoms with E-state index in [0.717, 1.165) is 37.0 Å². The number of ether oxygens (including phenoxy) is 1. The molecule has 104 valence electrons. The second kappa shape index (κ2) is 6.94. The molecule has 1 aliphatic heterocycles. The molecular formula is C15H20BrNO2. The van der Waals surface area contributed by atoms with Crippen molar-refractivity contribution >= 4 is 21.8 Å². The molecule has 19 heavy (non-hydrogen) atoms. The summed E-state index contributed by atoms with van der Waals surface area (Å²) in [5, 5.41) is 0.995. The van der Waals surface area contributed by atoms with Gasteiger partial charge in [0.05, 0.1) is 7.11 Å². The van der Waals surface area contributed by atoms with Gasteiger partial charge >= 0.3 is 0 Å². The number of halogens is 1. The summed E-state index contributed by atoms with van der Waals surface area (Å²) in [7, 11) is 1.66. The number of likely N-dealkylation sites (tertiary alicyclic amines) is 1. The number of nitrogens with zero attached hydrogens (tertiary/aromatic N) is 1. The molecule has 0 aromatic heterocycles. The van der Waals surface area contributed by atoms with Gasteiger partial charge in [0.25, 0.3) is 0 Å². The molecule has 0 radical (unpaired) electrons. The third-order valence-electron chi connectivity index (χ3n) is 3.64. The zero-order valence-corrected chi connectivity index (χ0v) is 12.9. The van der Waals surface area contributed by atoms with E-state index in [1.165, 1.54) is 5.56 Å². The lowest BCUT2D eigenvalue weighted by Crippen LogP contribution is -2.29. The van der Waals surface area contributed by atoms with Crippen LogP contribution >= 0.6 is 15.9 Å². The van der Waals surface area contributed by atoms with Crippen molar-refractivity contribution in [2.24, 2.45) is 5.92 Å². The van der Waals surface area contributed by atoms with E-state index in [9.17, 15) is 4.79 Å². The van der Waals surface area contributed by atoms with E-state index in [1.54, 1.807) is 7.11 Å². The Labute approximate surface area is 123 Å². The Hall–Kier alpha value is -1.03. The number of carbonyl (C=O) groups is 1. The van der Waals surface area contributed by atoms with Crippen LogP contribution in [0.2, 0.25) is 0 Å². The number of amides is 1. The van der Waals surface area contributed by atoms with Crippen molar-refractivity contribution in [3.63, 3.8) is 0 Å². The summed E-state index contributed by atoms with van der Waals surface area (Å²) < 4.78 is 5.12. The predicted octanol–water partition coefficient (Wildman–Crippen LogP) is 2.87. The molecule has 1 aromatic rings. The highest BCUT2D eigenvalue weighted by Crippen LogP contribution is 2.19. The molecule has 3 nitrogen and oxygen atoms in total. The smallest absolute Gasteiger partial charge is 0.222 e. The normalized spacial score (nSPS) is 18.6. The van der Waals surface area contributed by atoms with Gasteiger partial charge in [0.15, 0.2) is 0 Å². The Morgan fingerprint density at radius 3 is 2.74 bits per heavy atom. The Kier molecular flexibility index (Phi) is 5.25. The van der Waals surface area contributed by atoms with E-state index >= 15 is 0 Å². The van der Waals surface area contributed by atoms with Crippen molar-refractivity contribution in [1.29, 1.82) is 0 Å². The minimum atomic E-state index is 0.277. The van der Waals surface area contributed by atoms with Crippen molar-refractivity contribution in [2.75, 3.05) is 25.5 Å². The third kappa shape index (κ3) is 3.96. The quantitative estimate of drug-likeness (QED) is 0.779. The molecule has 0 bridgehead atoms. The van der Waals surface area contributed by atoms with Gasteiger partial charge in [-0.3, -0.25) is 4.79 Å². The van der Waals surface area contributed by atoms with E-state index in [2.05, 4.69) is 15.9 Å². The van der Waals surface area contributed by atoms with Crippen LogP contribution in [0.5, 0.6) is 5.75 Å². The average molecular weight is 326 g/mol. The van der Waals surface area contributed by atoms with Crippen LogP contribution in [-0.2, 0) is 11.2 Å². The number of methoxy groups -OCH3 is 1. The summed E-state index contributed by atoms with van der Waals surface area (Å²) in [6.07, 6.45) is 2.53. The maximum Gasteiger partial charge on any atom is 0.222 e. The fraction of sp³-hybridized carbons (Fsp3) is 0.533. The van der Waals surface area contributed by atoms with Crippen LogP contribution in [0, 0.1) is 5.92 Å². The van der Waals surface area contributed by atoms with Crippen molar-refractivity contribution in [2.45, 2.75) is 19.3 Å². The van der Waals surface area contributed by atoms with Crippen LogP contribution < -0.4 is 4.74 Å². The first kappa shape index (κ1) is 14.4. The molecule has 1 heterocycles. The summed E-state index contributed by atoms with van der Waals surface area (Å²) in [5.74, 6) is 1.76. The third-order valence-corrected chi connectivity index (χ3v) is 4.56. The average Bonchev–Trinajstić information content (AvgIpc) is 2.94. The Morgan fingerprint density at radius 2 is 2.16 bits per heavy atom. The number of hydrogen-bond donors (Lipinski definition) is 0. The Bertz CT molecular complexity index is 419. The van der Waals surface area contributed by atoms with Gasteiger partial charge in [-0.25, -0.2) is 0 Å². The van der Waals surface area contributed by atoms with E-state index < -0.39 is 0 Å². The largest absolute Gasteiger partial charge is 0.497 e. The molecule has 1 saturated heterocycles. The van der Waals surface area contributed by atoms with Crippen LogP contribution in [0.25, 0.3) is 0 Å². The van der Waals surface area contributed by atoms with Crippen LogP contribution in [0.3, 0.4) is 0 Å². The molecule has 0 spiro atoms. The summed E-state index contributed by atoms with van der Waals surface area (Å²) in [6.45, 7) is 1.82. The second-order valence-corrected chi connectivity index (χ2v) is 5.64. The zero-order chi connectivity index (χ0) is 13.7. The summed E-state index contributed by atoms with van der Waals surface area (Å²) in [5.41, 5.74) is 1.19. The maximum absolute atomic E-state index is 12.1. The molecule has 1 amide bonds. The Balaban J connectivity index is 1.80. The highest BCUT2D eigenvalue weighted by atomic mass is 79.9. The zero-order valence-electron chi connectivity index (χ0n) is 11.3. The SMILES string of the molecule is COc1ccc(CCC(=O)N2CCC(CBr)C2)cc1. The molecule has 1 unspecified atom stereocenters. The molecule has 0 aliphatic carbocycles. The van der Waals surface area contributed by atoms with Crippen molar-refractivity contribution in [3.8, 4) is 5.75 Å². The number of benzene rings is 1. The predicted molar refractivity (Wildman–Crippen MR) is 79.8 cm³/mol. The van der Waals surface area contributed by atoms with Crippen LogP contribution in [0.4, 0.5) is 0 Å². The number of aryl methyl sites for hydroxylation is 1. The van der Waals surface area contributed by atoms with Crippen molar-refractivity contribution < 1.29 is 9.53 Å². The molecule has 4 heteroatoms. The van der Waals surface area contributed by atoms with Gasteiger partial charge in [0.1, 0.15) is 5.75 Å². The monoisotopic (exact) mass is 325 g/mol. The van der Waals surface area contributed by atoms with Gasteiger partial charge in [-0.1, -0.05) is 28.1 Å². The minimum Gasteiger partial charge on any atom is -0.497 e. The maximum atomic E-state index is 12.1. The number of alkyl halides is 1. The van der Waals surface area contributed by atoms with Crippen molar-refractivity contribution in [1.82, 2.24) is 4.90 Å². The first-order valence-electron chi connectivity index (χ1n) is 6.69. The highest BCUT2D eigenvalue weighted by molar-refractivity contribution is 9.09. The van der Waals surface area contributed by atoms with Gasteiger partial charge in [-0.15, -0.1) is 0 Å². The number of carbonyl (C=O) groups excluding carboxylic acids is 1. The van der Waals surface area contributed by atoms with Crippen LogP contribution in [-0.4, -0.2) is 36.3 Å². The van der Waals surface area contributed by atoms with E-state index in [4.69, 9.17) is 4.74 Å². The van der Waals surface area contributed by atoms with Gasteiger partial charge < -0.3 is 9.64 Å². The number of rotatable bonds is 5. The number of hydrogen-bond acceptors (Lipinski definition) is 2. The van der Waals surface area contributed by atoms with Gasteiger partial charge in [0, 0.05) is 24.8 Å². The molecule has 0 saturated carbocycles. The van der Waals surface area contributed by atoms with Crippen LogP contribution in [0.15, 0.2) is 24.3 Å². The topological polar surface area (TPSA) is 29.5 Å². The van der Waals surface area contributed by atoms with E-state index in [1.807, 2.05) is 29.2 Å². The molecule has 1 aromatic carbocycles. The lowest BCUT2D eigenvalue weighted by Gasteiger charge is -2.16. The summed E-state index contributed by atoms with van der Waals surface area (Å²) >= 11 is 3.49. The lowest BCUT2D eigenvalue weighted by molar-refractivity contribution is -0.130. The summed E-state index contributed by atoms with van der Waals surface area (Å²) in [4.78, 5) is 14.1. The van der Waals surface area contributed by atoms with E-state index in [-0.39, 0.29) is 5.91 Å². The molecule has 1 aliphatic rings. The summed E-state index contributed by atoms with van der Waals surface area (Å²) in [6, 6.07) is 7.93. The fourth-order valence-corrected chi connectivity index (χ4v) is 2.92. The second-order valence-electron chi connectivity index (χ2n) is 5.00. The fourth-order valence-electron chi connectivity index (χ4n) is 2.39. The first-order valence-corrected chi connectivity index (χ1v) is 7.81. The van der Waals surface area contributed by atoms with E-state index in [0.29, 0.717) is 12.3 Å². The molecule has 1 atom stereocenters. The van der Waals surface area contributed by atoms with Gasteiger partial charge in [0.2, 0.25) is 5.91 Å².